The Morgan fingerprint density at radius 1 is 1.44 bits per heavy atom. The Morgan fingerprint density at radius 2 is 2.22 bits per heavy atom. The van der Waals surface area contributed by atoms with Crippen LogP contribution >= 0.6 is 15.9 Å². The van der Waals surface area contributed by atoms with Crippen molar-refractivity contribution in [1.29, 1.82) is 0 Å². The number of halogens is 1. The van der Waals surface area contributed by atoms with Crippen molar-refractivity contribution in [3.05, 3.63) is 28.2 Å². The van der Waals surface area contributed by atoms with E-state index >= 15 is 0 Å². The SMILES string of the molecule is CCC1(C)CN(c2ccc(Br)cc2C)CCCN1. The van der Waals surface area contributed by atoms with Crippen molar-refractivity contribution in [2.45, 2.75) is 39.2 Å². The fourth-order valence-electron chi connectivity index (χ4n) is 2.63. The summed E-state index contributed by atoms with van der Waals surface area (Å²) in [5.41, 5.74) is 2.96. The number of benzene rings is 1. The summed E-state index contributed by atoms with van der Waals surface area (Å²) in [5.74, 6) is 0. The van der Waals surface area contributed by atoms with Crippen LogP contribution in [0.25, 0.3) is 0 Å². The van der Waals surface area contributed by atoms with E-state index in [1.165, 1.54) is 24.1 Å². The van der Waals surface area contributed by atoms with E-state index in [0.29, 0.717) is 0 Å². The fourth-order valence-corrected chi connectivity index (χ4v) is 3.11. The van der Waals surface area contributed by atoms with Crippen LogP contribution in [0.15, 0.2) is 22.7 Å². The monoisotopic (exact) mass is 310 g/mol. The highest BCUT2D eigenvalue weighted by Gasteiger charge is 2.27. The highest BCUT2D eigenvalue weighted by Crippen LogP contribution is 2.27. The van der Waals surface area contributed by atoms with Gasteiger partial charge in [0.1, 0.15) is 0 Å². The molecule has 0 saturated carbocycles. The third kappa shape index (κ3) is 3.07. The molecule has 1 aliphatic rings. The molecule has 1 aliphatic heterocycles. The van der Waals surface area contributed by atoms with Crippen molar-refractivity contribution < 1.29 is 0 Å². The topological polar surface area (TPSA) is 15.3 Å². The lowest BCUT2D eigenvalue weighted by molar-refractivity contribution is 0.366. The van der Waals surface area contributed by atoms with E-state index in [2.05, 4.69) is 65.1 Å². The van der Waals surface area contributed by atoms with Gasteiger partial charge in [-0.3, -0.25) is 0 Å². The third-order valence-electron chi connectivity index (χ3n) is 3.98. The smallest absolute Gasteiger partial charge is 0.0397 e. The second-order valence-electron chi connectivity index (χ2n) is 5.55. The van der Waals surface area contributed by atoms with Crippen LogP contribution in [0.4, 0.5) is 5.69 Å². The first-order chi connectivity index (χ1) is 8.54. The summed E-state index contributed by atoms with van der Waals surface area (Å²) >= 11 is 3.54. The molecule has 0 amide bonds. The lowest BCUT2D eigenvalue weighted by Crippen LogP contribution is -2.48. The first kappa shape index (κ1) is 13.9. The Morgan fingerprint density at radius 3 is 2.89 bits per heavy atom. The number of anilines is 1. The minimum absolute atomic E-state index is 0.232. The quantitative estimate of drug-likeness (QED) is 0.895. The van der Waals surface area contributed by atoms with Gasteiger partial charge in [0, 0.05) is 28.8 Å². The first-order valence-corrected chi connectivity index (χ1v) is 7.59. The van der Waals surface area contributed by atoms with Crippen LogP contribution < -0.4 is 10.2 Å². The zero-order valence-electron chi connectivity index (χ0n) is 11.6. The second-order valence-corrected chi connectivity index (χ2v) is 6.46. The maximum Gasteiger partial charge on any atom is 0.0397 e. The van der Waals surface area contributed by atoms with E-state index < -0.39 is 0 Å². The molecule has 1 fully saturated rings. The number of hydrogen-bond acceptors (Lipinski definition) is 2. The lowest BCUT2D eigenvalue weighted by atomic mass is 9.98. The van der Waals surface area contributed by atoms with Gasteiger partial charge >= 0.3 is 0 Å². The third-order valence-corrected chi connectivity index (χ3v) is 4.47. The maximum atomic E-state index is 3.69. The van der Waals surface area contributed by atoms with E-state index in [0.717, 1.165) is 24.1 Å². The Balaban J connectivity index is 2.25. The van der Waals surface area contributed by atoms with Gasteiger partial charge in [-0.1, -0.05) is 22.9 Å². The Labute approximate surface area is 119 Å². The van der Waals surface area contributed by atoms with Crippen LogP contribution in [-0.2, 0) is 0 Å². The molecule has 1 atom stereocenters. The lowest BCUT2D eigenvalue weighted by Gasteiger charge is -2.34. The van der Waals surface area contributed by atoms with Crippen LogP contribution in [0.1, 0.15) is 32.3 Å². The molecule has 1 saturated heterocycles. The molecule has 100 valence electrons. The van der Waals surface area contributed by atoms with Crippen molar-refractivity contribution in [2.24, 2.45) is 0 Å². The highest BCUT2D eigenvalue weighted by atomic mass is 79.9. The van der Waals surface area contributed by atoms with Crippen LogP contribution in [0.2, 0.25) is 0 Å². The molecule has 2 nitrogen and oxygen atoms in total. The summed E-state index contributed by atoms with van der Waals surface area (Å²) in [5, 5.41) is 3.69. The normalized spacial score (nSPS) is 25.0. The van der Waals surface area contributed by atoms with Gasteiger partial charge in [0.2, 0.25) is 0 Å². The average molecular weight is 311 g/mol. The summed E-state index contributed by atoms with van der Waals surface area (Å²) in [4.78, 5) is 2.53. The van der Waals surface area contributed by atoms with E-state index in [1.54, 1.807) is 0 Å². The summed E-state index contributed by atoms with van der Waals surface area (Å²) in [6.07, 6.45) is 2.38. The van der Waals surface area contributed by atoms with E-state index in [1.807, 2.05) is 0 Å². The Kier molecular flexibility index (Phi) is 4.33. The standard InChI is InChI=1S/C15H23BrN2/c1-4-15(3)11-18(9-5-8-17-15)14-7-6-13(16)10-12(14)2/h6-7,10,17H,4-5,8-9,11H2,1-3H3. The summed E-state index contributed by atoms with van der Waals surface area (Å²) in [6.45, 7) is 10.2. The van der Waals surface area contributed by atoms with Gasteiger partial charge in [-0.2, -0.15) is 0 Å². The number of nitrogens with one attached hydrogen (secondary N) is 1. The van der Waals surface area contributed by atoms with Crippen molar-refractivity contribution in [1.82, 2.24) is 5.32 Å². The zero-order chi connectivity index (χ0) is 13.2. The van der Waals surface area contributed by atoms with Crippen LogP contribution in [0, 0.1) is 6.92 Å². The van der Waals surface area contributed by atoms with Gasteiger partial charge in [0.15, 0.2) is 0 Å². The number of aryl methyl sites for hydroxylation is 1. The molecule has 1 unspecified atom stereocenters. The van der Waals surface area contributed by atoms with Gasteiger partial charge < -0.3 is 10.2 Å². The minimum atomic E-state index is 0.232. The number of hydrogen-bond donors (Lipinski definition) is 1. The predicted molar refractivity (Wildman–Crippen MR) is 82.4 cm³/mol. The van der Waals surface area contributed by atoms with Crippen molar-refractivity contribution >= 4 is 21.6 Å². The van der Waals surface area contributed by atoms with Crippen LogP contribution in [0.3, 0.4) is 0 Å². The van der Waals surface area contributed by atoms with Gasteiger partial charge in [-0.25, -0.2) is 0 Å². The molecule has 1 aromatic rings. The van der Waals surface area contributed by atoms with Gasteiger partial charge in [0.25, 0.3) is 0 Å². The highest BCUT2D eigenvalue weighted by molar-refractivity contribution is 9.10. The largest absolute Gasteiger partial charge is 0.369 e. The summed E-state index contributed by atoms with van der Waals surface area (Å²) in [7, 11) is 0. The molecule has 0 bridgehead atoms. The Hall–Kier alpha value is -0.540. The van der Waals surface area contributed by atoms with Crippen molar-refractivity contribution in [3.8, 4) is 0 Å². The molecular formula is C15H23BrN2. The average Bonchev–Trinajstić information content (AvgIpc) is 2.52. The van der Waals surface area contributed by atoms with Crippen molar-refractivity contribution in [2.75, 3.05) is 24.5 Å². The molecule has 1 heterocycles. The number of nitrogens with zero attached hydrogens (tertiary/aromatic N) is 1. The fraction of sp³-hybridized carbons (Fsp3) is 0.600. The first-order valence-electron chi connectivity index (χ1n) is 6.80. The number of rotatable bonds is 2. The van der Waals surface area contributed by atoms with E-state index in [4.69, 9.17) is 0 Å². The molecule has 0 aliphatic carbocycles. The molecule has 0 radical (unpaired) electrons. The van der Waals surface area contributed by atoms with Gasteiger partial charge in [-0.15, -0.1) is 0 Å². The molecular weight excluding hydrogens is 288 g/mol. The van der Waals surface area contributed by atoms with Crippen LogP contribution in [-0.4, -0.2) is 25.2 Å². The van der Waals surface area contributed by atoms with E-state index in [9.17, 15) is 0 Å². The maximum absolute atomic E-state index is 3.69. The molecule has 1 N–H and O–H groups in total. The molecule has 3 heteroatoms. The zero-order valence-corrected chi connectivity index (χ0v) is 13.2. The molecule has 1 aromatic carbocycles. The molecule has 2 rings (SSSR count). The summed E-state index contributed by atoms with van der Waals surface area (Å²) in [6, 6.07) is 6.59. The second kappa shape index (κ2) is 5.62. The minimum Gasteiger partial charge on any atom is -0.369 e. The van der Waals surface area contributed by atoms with Crippen molar-refractivity contribution in [3.63, 3.8) is 0 Å². The van der Waals surface area contributed by atoms with Gasteiger partial charge in [-0.05, 0) is 57.0 Å². The summed E-state index contributed by atoms with van der Waals surface area (Å²) < 4.78 is 1.16. The molecule has 18 heavy (non-hydrogen) atoms. The molecule has 0 spiro atoms. The van der Waals surface area contributed by atoms with Gasteiger partial charge in [0.05, 0.1) is 0 Å². The van der Waals surface area contributed by atoms with E-state index in [-0.39, 0.29) is 5.54 Å². The predicted octanol–water partition coefficient (Wildman–Crippen LogP) is 3.73. The Bertz CT molecular complexity index is 419. The van der Waals surface area contributed by atoms with Crippen LogP contribution in [0.5, 0.6) is 0 Å². The molecule has 0 aromatic heterocycles.